The van der Waals surface area contributed by atoms with Crippen LogP contribution in [0.5, 0.6) is 5.75 Å². The van der Waals surface area contributed by atoms with E-state index < -0.39 is 30.3 Å². The fraction of sp³-hybridized carbons (Fsp3) is 0.619. The van der Waals surface area contributed by atoms with Gasteiger partial charge in [-0.2, -0.15) is 23.3 Å². The summed E-state index contributed by atoms with van der Waals surface area (Å²) in [7, 11) is 0. The smallest absolute Gasteiger partial charge is 0.439 e. The summed E-state index contributed by atoms with van der Waals surface area (Å²) < 4.78 is 47.4. The number of carbonyl (C=O) groups excluding carboxylic acids is 1. The zero-order valence-electron chi connectivity index (χ0n) is 16.9. The van der Waals surface area contributed by atoms with Crippen LogP contribution < -0.4 is 4.74 Å². The Kier molecular flexibility index (Phi) is 5.69. The molecule has 3 atom stereocenters. The maximum absolute atomic E-state index is 14.0. The van der Waals surface area contributed by atoms with Gasteiger partial charge < -0.3 is 9.84 Å². The third-order valence-electron chi connectivity index (χ3n) is 6.48. The normalized spacial score (nSPS) is 27.4. The minimum atomic E-state index is -5.04. The predicted octanol–water partition coefficient (Wildman–Crippen LogP) is 4.37. The van der Waals surface area contributed by atoms with Gasteiger partial charge in [0.25, 0.3) is 11.6 Å². The second-order valence-electron chi connectivity index (χ2n) is 8.49. The largest absolute Gasteiger partial charge is 0.484 e. The number of rotatable bonds is 5. The minimum Gasteiger partial charge on any atom is -0.484 e. The fourth-order valence-electron chi connectivity index (χ4n) is 4.19. The number of hydrazone groups is 1. The molecule has 1 N–H and O–H groups in total. The number of benzene rings is 1. The Balaban J connectivity index is 1.84. The number of alkyl halides is 3. The molecular weight excluding hydrogens is 385 g/mol. The molecule has 0 aromatic heterocycles. The van der Waals surface area contributed by atoms with Gasteiger partial charge in [0.2, 0.25) is 0 Å². The van der Waals surface area contributed by atoms with Gasteiger partial charge in [-0.25, -0.2) is 0 Å². The molecule has 0 radical (unpaired) electrons. The molecule has 1 amide bonds. The van der Waals surface area contributed by atoms with Crippen LogP contribution in [0.4, 0.5) is 13.2 Å². The number of fused-ring (bicyclic) bond motifs is 1. The van der Waals surface area contributed by atoms with Gasteiger partial charge in [-0.3, -0.25) is 4.79 Å². The molecule has 0 spiro atoms. The quantitative estimate of drug-likeness (QED) is 0.781. The van der Waals surface area contributed by atoms with Crippen molar-refractivity contribution in [1.82, 2.24) is 5.01 Å². The van der Waals surface area contributed by atoms with Crippen LogP contribution >= 0.6 is 0 Å². The van der Waals surface area contributed by atoms with Gasteiger partial charge in [-0.1, -0.05) is 45.4 Å². The van der Waals surface area contributed by atoms with E-state index in [2.05, 4.69) is 5.10 Å². The Morgan fingerprint density at radius 1 is 1.31 bits per heavy atom. The van der Waals surface area contributed by atoms with Crippen LogP contribution in [0.3, 0.4) is 0 Å². The third kappa shape index (κ3) is 3.86. The highest BCUT2D eigenvalue weighted by atomic mass is 19.4. The van der Waals surface area contributed by atoms with Crippen molar-refractivity contribution in [1.29, 1.82) is 0 Å². The van der Waals surface area contributed by atoms with E-state index in [1.807, 2.05) is 20.8 Å². The van der Waals surface area contributed by atoms with E-state index in [-0.39, 0.29) is 28.5 Å². The van der Waals surface area contributed by atoms with Crippen molar-refractivity contribution in [2.75, 3.05) is 6.61 Å². The van der Waals surface area contributed by atoms with E-state index in [9.17, 15) is 23.1 Å². The topological polar surface area (TPSA) is 62.1 Å². The zero-order valence-corrected chi connectivity index (χ0v) is 16.9. The summed E-state index contributed by atoms with van der Waals surface area (Å²) in [6, 6.07) is 8.31. The molecule has 0 saturated heterocycles. The lowest BCUT2D eigenvalue weighted by atomic mass is 9.64. The Labute approximate surface area is 168 Å². The average Bonchev–Trinajstić information content (AvgIpc) is 3.00. The van der Waals surface area contributed by atoms with Crippen LogP contribution in [-0.4, -0.2) is 40.2 Å². The molecule has 1 heterocycles. The number of aliphatic hydroxyl groups is 1. The number of para-hydroxylation sites is 1. The summed E-state index contributed by atoms with van der Waals surface area (Å²) in [5, 5.41) is 15.0. The first-order valence-electron chi connectivity index (χ1n) is 9.88. The van der Waals surface area contributed by atoms with E-state index in [4.69, 9.17) is 4.74 Å². The molecule has 0 bridgehead atoms. The van der Waals surface area contributed by atoms with Gasteiger partial charge in [-0.15, -0.1) is 0 Å². The van der Waals surface area contributed by atoms with Crippen LogP contribution in [-0.2, 0) is 4.79 Å². The molecule has 5 nitrogen and oxygen atoms in total. The fourth-order valence-corrected chi connectivity index (χ4v) is 4.19. The van der Waals surface area contributed by atoms with Crippen LogP contribution in [0.25, 0.3) is 0 Å². The first-order chi connectivity index (χ1) is 13.5. The van der Waals surface area contributed by atoms with Crippen LogP contribution in [0.2, 0.25) is 0 Å². The minimum absolute atomic E-state index is 0.000876. The second-order valence-corrected chi connectivity index (χ2v) is 8.49. The van der Waals surface area contributed by atoms with Crippen molar-refractivity contribution in [3.05, 3.63) is 30.3 Å². The number of nitrogens with zero attached hydrogens (tertiary/aromatic N) is 2. The summed E-state index contributed by atoms with van der Waals surface area (Å²) in [5.74, 6) is -1.93. The van der Waals surface area contributed by atoms with Crippen molar-refractivity contribution in [2.24, 2.45) is 22.4 Å². The maximum atomic E-state index is 14.0. The number of carbonyl (C=O) groups is 1. The average molecular weight is 412 g/mol. The lowest BCUT2D eigenvalue weighted by Crippen LogP contribution is -2.62. The Hall–Kier alpha value is -2.09. The molecule has 1 saturated carbocycles. The molecule has 160 valence electrons. The molecule has 1 aromatic rings. The SMILES string of the molecule is CCC(C)(C)[C@@H]1CCC2=NN(C(=O)COc3ccccc3)[C@@](O)(C(F)(F)F)[C@@H]2C1. The van der Waals surface area contributed by atoms with Crippen molar-refractivity contribution < 1.29 is 27.8 Å². The lowest BCUT2D eigenvalue weighted by molar-refractivity contribution is -0.318. The molecule has 8 heteroatoms. The van der Waals surface area contributed by atoms with Gasteiger partial charge >= 0.3 is 6.18 Å². The monoisotopic (exact) mass is 412 g/mol. The molecule has 1 aliphatic heterocycles. The third-order valence-corrected chi connectivity index (χ3v) is 6.48. The molecule has 1 fully saturated rings. The van der Waals surface area contributed by atoms with Crippen molar-refractivity contribution in [3.63, 3.8) is 0 Å². The molecule has 29 heavy (non-hydrogen) atoms. The van der Waals surface area contributed by atoms with Gasteiger partial charge in [-0.05, 0) is 42.7 Å². The standard InChI is InChI=1S/C21H27F3N2O3/c1-4-19(2,3)14-10-11-17-16(12-14)20(28,21(22,23)24)26(25-17)18(27)13-29-15-8-6-5-7-9-15/h5-9,14,16,28H,4,10-13H2,1-3H3/t14-,16-,20+/m1/s1. The van der Waals surface area contributed by atoms with Gasteiger partial charge in [0.15, 0.2) is 6.61 Å². The highest BCUT2D eigenvalue weighted by Crippen LogP contribution is 2.52. The molecule has 0 unspecified atom stereocenters. The molecule has 1 aliphatic carbocycles. The van der Waals surface area contributed by atoms with Crippen molar-refractivity contribution in [2.45, 2.75) is 58.4 Å². The van der Waals surface area contributed by atoms with E-state index in [1.165, 1.54) is 0 Å². The summed E-state index contributed by atoms with van der Waals surface area (Å²) in [6.45, 7) is 5.41. The summed E-state index contributed by atoms with van der Waals surface area (Å²) in [6.07, 6.45) is -3.06. The Morgan fingerprint density at radius 2 is 1.97 bits per heavy atom. The van der Waals surface area contributed by atoms with Crippen molar-refractivity contribution >= 4 is 11.6 Å². The number of hydrogen-bond donors (Lipinski definition) is 1. The second kappa shape index (κ2) is 7.63. The van der Waals surface area contributed by atoms with Crippen LogP contribution in [0, 0.1) is 17.3 Å². The zero-order chi connectivity index (χ0) is 21.4. The van der Waals surface area contributed by atoms with Gasteiger partial charge in [0.1, 0.15) is 5.75 Å². The highest BCUT2D eigenvalue weighted by Gasteiger charge is 2.69. The Morgan fingerprint density at radius 3 is 2.55 bits per heavy atom. The van der Waals surface area contributed by atoms with E-state index >= 15 is 0 Å². The summed E-state index contributed by atoms with van der Waals surface area (Å²) in [4.78, 5) is 12.6. The number of halogens is 3. The van der Waals surface area contributed by atoms with Crippen molar-refractivity contribution in [3.8, 4) is 5.75 Å². The molecule has 3 rings (SSSR count). The summed E-state index contributed by atoms with van der Waals surface area (Å²) in [5.41, 5.74) is -3.27. The van der Waals surface area contributed by atoms with Gasteiger partial charge in [0.05, 0.1) is 5.92 Å². The van der Waals surface area contributed by atoms with E-state index in [0.29, 0.717) is 18.6 Å². The molecule has 1 aromatic carbocycles. The predicted molar refractivity (Wildman–Crippen MR) is 102 cm³/mol. The number of hydrogen-bond acceptors (Lipinski definition) is 4. The summed E-state index contributed by atoms with van der Waals surface area (Å²) >= 11 is 0. The van der Waals surface area contributed by atoms with Gasteiger partial charge in [0, 0.05) is 5.71 Å². The molecular formula is C21H27F3N2O3. The highest BCUT2D eigenvalue weighted by molar-refractivity contribution is 5.93. The molecule has 2 aliphatic rings. The first-order valence-corrected chi connectivity index (χ1v) is 9.88. The van der Waals surface area contributed by atoms with Crippen LogP contribution in [0.1, 0.15) is 46.5 Å². The number of ether oxygens (including phenoxy) is 1. The maximum Gasteiger partial charge on any atom is 0.439 e. The van der Waals surface area contributed by atoms with E-state index in [0.717, 1.165) is 6.42 Å². The first kappa shape index (κ1) is 21.6. The Bertz CT molecular complexity index is 779. The number of amides is 1. The van der Waals surface area contributed by atoms with E-state index in [1.54, 1.807) is 30.3 Å². The van der Waals surface area contributed by atoms with Crippen LogP contribution in [0.15, 0.2) is 35.4 Å². The lowest BCUT2D eigenvalue weighted by Gasteiger charge is -2.43.